The first-order valence-corrected chi connectivity index (χ1v) is 8.56. The topological polar surface area (TPSA) is 82.8 Å². The van der Waals surface area contributed by atoms with Gasteiger partial charge in [0, 0.05) is 19.2 Å². The maximum absolute atomic E-state index is 12.0. The van der Waals surface area contributed by atoms with Gasteiger partial charge in [0.25, 0.3) is 0 Å². The molecule has 2 aromatic carbocycles. The van der Waals surface area contributed by atoms with Crippen LogP contribution in [-0.2, 0) is 16.0 Å². The van der Waals surface area contributed by atoms with E-state index in [1.54, 1.807) is 32.4 Å². The summed E-state index contributed by atoms with van der Waals surface area (Å²) >= 11 is 0. The number of carbonyl (C=O) groups excluding carboxylic acids is 1. The SMILES string of the molecule is COCCc1ccc(OCCCC(=O)Nc2ccc(OC)c(N)c2)cc1. The van der Waals surface area contributed by atoms with E-state index in [-0.39, 0.29) is 5.91 Å². The minimum absolute atomic E-state index is 0.0759. The molecule has 0 aliphatic heterocycles. The number of carbonyl (C=O) groups is 1. The normalized spacial score (nSPS) is 10.4. The van der Waals surface area contributed by atoms with Crippen molar-refractivity contribution in [1.29, 1.82) is 0 Å². The molecule has 3 N–H and O–H groups in total. The molecular weight excluding hydrogens is 332 g/mol. The highest BCUT2D eigenvalue weighted by molar-refractivity contribution is 5.91. The summed E-state index contributed by atoms with van der Waals surface area (Å²) in [5, 5.41) is 2.82. The second-order valence-corrected chi connectivity index (χ2v) is 5.84. The van der Waals surface area contributed by atoms with E-state index in [4.69, 9.17) is 19.9 Å². The fraction of sp³-hybridized carbons (Fsp3) is 0.350. The predicted octanol–water partition coefficient (Wildman–Crippen LogP) is 3.26. The molecule has 6 nitrogen and oxygen atoms in total. The van der Waals surface area contributed by atoms with Gasteiger partial charge in [0.1, 0.15) is 11.5 Å². The van der Waals surface area contributed by atoms with Crippen molar-refractivity contribution in [2.75, 3.05) is 38.5 Å². The van der Waals surface area contributed by atoms with Gasteiger partial charge in [-0.1, -0.05) is 12.1 Å². The highest BCUT2D eigenvalue weighted by Gasteiger charge is 2.05. The molecule has 140 valence electrons. The average molecular weight is 358 g/mol. The quantitative estimate of drug-likeness (QED) is 0.503. The Bertz CT molecular complexity index is 701. The third-order valence-electron chi connectivity index (χ3n) is 3.85. The van der Waals surface area contributed by atoms with Crippen LogP contribution in [0.3, 0.4) is 0 Å². The van der Waals surface area contributed by atoms with Crippen molar-refractivity contribution < 1.29 is 19.0 Å². The molecule has 2 aromatic rings. The summed E-state index contributed by atoms with van der Waals surface area (Å²) in [6.07, 6.45) is 1.88. The number of nitrogen functional groups attached to an aromatic ring is 1. The number of hydrogen-bond acceptors (Lipinski definition) is 5. The Balaban J connectivity index is 1.69. The minimum Gasteiger partial charge on any atom is -0.495 e. The largest absolute Gasteiger partial charge is 0.495 e. The smallest absolute Gasteiger partial charge is 0.224 e. The van der Waals surface area contributed by atoms with Crippen LogP contribution in [0.5, 0.6) is 11.5 Å². The fourth-order valence-electron chi connectivity index (χ4n) is 2.43. The third-order valence-corrected chi connectivity index (χ3v) is 3.85. The highest BCUT2D eigenvalue weighted by atomic mass is 16.5. The fourth-order valence-corrected chi connectivity index (χ4v) is 2.43. The van der Waals surface area contributed by atoms with Crippen LogP contribution in [0.15, 0.2) is 42.5 Å². The second kappa shape index (κ2) is 10.3. The van der Waals surface area contributed by atoms with Crippen molar-refractivity contribution in [3.05, 3.63) is 48.0 Å². The van der Waals surface area contributed by atoms with Gasteiger partial charge in [-0.15, -0.1) is 0 Å². The van der Waals surface area contributed by atoms with E-state index in [1.165, 1.54) is 5.56 Å². The first-order chi connectivity index (χ1) is 12.6. The van der Waals surface area contributed by atoms with Crippen LogP contribution < -0.4 is 20.5 Å². The van der Waals surface area contributed by atoms with Crippen LogP contribution in [0, 0.1) is 0 Å². The van der Waals surface area contributed by atoms with Gasteiger partial charge in [-0.25, -0.2) is 0 Å². The van der Waals surface area contributed by atoms with Gasteiger partial charge in [-0.3, -0.25) is 4.79 Å². The molecule has 2 rings (SSSR count). The Morgan fingerprint density at radius 3 is 2.50 bits per heavy atom. The summed E-state index contributed by atoms with van der Waals surface area (Å²) in [5.41, 5.74) is 8.18. The van der Waals surface area contributed by atoms with Crippen molar-refractivity contribution >= 4 is 17.3 Å². The van der Waals surface area contributed by atoms with E-state index in [0.717, 1.165) is 12.2 Å². The minimum atomic E-state index is -0.0759. The lowest BCUT2D eigenvalue weighted by Crippen LogP contribution is -2.13. The first-order valence-electron chi connectivity index (χ1n) is 8.56. The van der Waals surface area contributed by atoms with E-state index in [9.17, 15) is 4.79 Å². The standard InChI is InChI=1S/C20H26N2O4/c1-24-13-11-15-5-8-17(9-6-15)26-12-3-4-20(23)22-16-7-10-19(25-2)18(21)14-16/h5-10,14H,3-4,11-13,21H2,1-2H3,(H,22,23). The van der Waals surface area contributed by atoms with Gasteiger partial charge < -0.3 is 25.3 Å². The summed E-state index contributed by atoms with van der Waals surface area (Å²) in [6, 6.07) is 13.1. The molecule has 0 heterocycles. The molecule has 0 spiro atoms. The van der Waals surface area contributed by atoms with Crippen molar-refractivity contribution in [1.82, 2.24) is 0 Å². The third kappa shape index (κ3) is 6.29. The molecule has 0 fully saturated rings. The number of benzene rings is 2. The lowest BCUT2D eigenvalue weighted by Gasteiger charge is -2.09. The Kier molecular flexibility index (Phi) is 7.76. The summed E-state index contributed by atoms with van der Waals surface area (Å²) in [6.45, 7) is 1.19. The zero-order valence-electron chi connectivity index (χ0n) is 15.3. The predicted molar refractivity (Wildman–Crippen MR) is 103 cm³/mol. The van der Waals surface area contributed by atoms with E-state index in [2.05, 4.69) is 5.32 Å². The van der Waals surface area contributed by atoms with Crippen molar-refractivity contribution in [3.8, 4) is 11.5 Å². The van der Waals surface area contributed by atoms with Crippen LogP contribution in [-0.4, -0.2) is 33.3 Å². The molecule has 26 heavy (non-hydrogen) atoms. The second-order valence-electron chi connectivity index (χ2n) is 5.84. The lowest BCUT2D eigenvalue weighted by atomic mass is 10.1. The molecule has 0 aliphatic rings. The Hall–Kier alpha value is -2.73. The molecule has 1 amide bonds. The van der Waals surface area contributed by atoms with Crippen LogP contribution in [0.1, 0.15) is 18.4 Å². The molecular formula is C20H26N2O4. The highest BCUT2D eigenvalue weighted by Crippen LogP contribution is 2.24. The molecule has 0 unspecified atom stereocenters. The van der Waals surface area contributed by atoms with Gasteiger partial charge in [0.15, 0.2) is 0 Å². The number of amides is 1. The Morgan fingerprint density at radius 2 is 1.85 bits per heavy atom. The number of anilines is 2. The first kappa shape index (κ1) is 19.6. The number of nitrogens with one attached hydrogen (secondary N) is 1. The summed E-state index contributed by atoms with van der Waals surface area (Å²) in [5.74, 6) is 1.31. The van der Waals surface area contributed by atoms with Crippen molar-refractivity contribution in [2.24, 2.45) is 0 Å². The molecule has 6 heteroatoms. The summed E-state index contributed by atoms with van der Waals surface area (Å²) in [7, 11) is 3.24. The summed E-state index contributed by atoms with van der Waals surface area (Å²) in [4.78, 5) is 12.0. The van der Waals surface area contributed by atoms with Gasteiger partial charge in [-0.2, -0.15) is 0 Å². The van der Waals surface area contributed by atoms with E-state index < -0.39 is 0 Å². The van der Waals surface area contributed by atoms with Gasteiger partial charge >= 0.3 is 0 Å². The van der Waals surface area contributed by atoms with Crippen molar-refractivity contribution in [3.63, 3.8) is 0 Å². The lowest BCUT2D eigenvalue weighted by molar-refractivity contribution is -0.116. The Morgan fingerprint density at radius 1 is 1.08 bits per heavy atom. The van der Waals surface area contributed by atoms with E-state index in [1.807, 2.05) is 24.3 Å². The molecule has 0 aliphatic carbocycles. The molecule has 0 radical (unpaired) electrons. The number of rotatable bonds is 10. The average Bonchev–Trinajstić information content (AvgIpc) is 2.64. The van der Waals surface area contributed by atoms with Crippen LogP contribution in [0.25, 0.3) is 0 Å². The molecule has 0 atom stereocenters. The van der Waals surface area contributed by atoms with E-state index in [0.29, 0.717) is 43.2 Å². The van der Waals surface area contributed by atoms with Crippen LogP contribution in [0.4, 0.5) is 11.4 Å². The monoisotopic (exact) mass is 358 g/mol. The number of nitrogens with two attached hydrogens (primary N) is 1. The van der Waals surface area contributed by atoms with Gasteiger partial charge in [-0.05, 0) is 48.7 Å². The van der Waals surface area contributed by atoms with Crippen LogP contribution >= 0.6 is 0 Å². The maximum Gasteiger partial charge on any atom is 0.224 e. The van der Waals surface area contributed by atoms with Crippen molar-refractivity contribution in [2.45, 2.75) is 19.3 Å². The number of methoxy groups -OCH3 is 2. The van der Waals surface area contributed by atoms with Crippen LogP contribution in [0.2, 0.25) is 0 Å². The van der Waals surface area contributed by atoms with E-state index >= 15 is 0 Å². The molecule has 0 bridgehead atoms. The van der Waals surface area contributed by atoms with Gasteiger partial charge in [0.2, 0.25) is 5.91 Å². The van der Waals surface area contributed by atoms with Gasteiger partial charge in [0.05, 0.1) is 26.0 Å². The summed E-state index contributed by atoms with van der Waals surface area (Å²) < 4.78 is 15.8. The zero-order chi connectivity index (χ0) is 18.8. The Labute approximate surface area is 154 Å². The molecule has 0 aromatic heterocycles. The zero-order valence-corrected chi connectivity index (χ0v) is 15.3. The number of ether oxygens (including phenoxy) is 3. The molecule has 0 saturated carbocycles. The molecule has 0 saturated heterocycles. The maximum atomic E-state index is 12.0. The number of hydrogen-bond donors (Lipinski definition) is 2.